The van der Waals surface area contributed by atoms with E-state index in [0.29, 0.717) is 5.69 Å². The van der Waals surface area contributed by atoms with Crippen LogP contribution in [0.15, 0.2) is 18.2 Å². The molecule has 0 bridgehead atoms. The Kier molecular flexibility index (Phi) is 4.41. The predicted molar refractivity (Wildman–Crippen MR) is 92.4 cm³/mol. The maximum Gasteiger partial charge on any atom is 0.279 e. The molecule has 1 amide bonds. The first-order valence-corrected chi connectivity index (χ1v) is 7.92. The zero-order valence-corrected chi connectivity index (χ0v) is 14.0. The summed E-state index contributed by atoms with van der Waals surface area (Å²) in [5.74, 6) is 0.0194. The number of anilines is 1. The fourth-order valence-electron chi connectivity index (χ4n) is 3.47. The molecular formula is C17H21ClN4O. The molecule has 0 spiro atoms. The van der Waals surface area contributed by atoms with E-state index in [4.69, 9.17) is 0 Å². The summed E-state index contributed by atoms with van der Waals surface area (Å²) in [5, 5.41) is 10.7. The van der Waals surface area contributed by atoms with Gasteiger partial charge in [0.15, 0.2) is 5.69 Å². The molecule has 0 aliphatic carbocycles. The molecule has 0 unspecified atom stereocenters. The topological polar surface area (TPSA) is 61.0 Å². The lowest BCUT2D eigenvalue weighted by Crippen LogP contribution is -2.37. The molecule has 0 saturated heterocycles. The van der Waals surface area contributed by atoms with Crippen LogP contribution in [-0.4, -0.2) is 29.2 Å². The van der Waals surface area contributed by atoms with Crippen LogP contribution in [0.5, 0.6) is 0 Å². The van der Waals surface area contributed by atoms with Crippen molar-refractivity contribution in [3.05, 3.63) is 46.3 Å². The van der Waals surface area contributed by atoms with Crippen molar-refractivity contribution in [2.45, 2.75) is 32.7 Å². The number of nitrogens with one attached hydrogen (secondary N) is 2. The average molecular weight is 333 g/mol. The summed E-state index contributed by atoms with van der Waals surface area (Å²) in [4.78, 5) is 14.9. The Morgan fingerprint density at radius 2 is 2.17 bits per heavy atom. The molecule has 1 aromatic carbocycles. The summed E-state index contributed by atoms with van der Waals surface area (Å²) in [6, 6.07) is 6.33. The highest BCUT2D eigenvalue weighted by molar-refractivity contribution is 6.06. The maximum absolute atomic E-state index is 13.0. The summed E-state index contributed by atoms with van der Waals surface area (Å²) in [7, 11) is 0. The molecule has 2 aliphatic heterocycles. The lowest BCUT2D eigenvalue weighted by molar-refractivity contribution is 0.0979. The third-order valence-electron chi connectivity index (χ3n) is 4.61. The number of aryl methyl sites for hydroxylation is 2. The smallest absolute Gasteiger partial charge is 0.279 e. The highest BCUT2D eigenvalue weighted by Crippen LogP contribution is 2.30. The molecule has 2 N–H and O–H groups in total. The second kappa shape index (κ2) is 6.34. The number of nitrogens with zero attached hydrogens (tertiary/aromatic N) is 2. The minimum atomic E-state index is 0. The SMILES string of the molecule is Cc1ccc2c(c1)CCCN2C(=O)c1n[nH]c2c1CNCC2.Cl. The molecular weight excluding hydrogens is 312 g/mol. The fraction of sp³-hybridized carbons (Fsp3) is 0.412. The van der Waals surface area contributed by atoms with E-state index >= 15 is 0 Å². The quantitative estimate of drug-likeness (QED) is 0.843. The van der Waals surface area contributed by atoms with Crippen molar-refractivity contribution < 1.29 is 4.79 Å². The molecule has 4 rings (SSSR count). The van der Waals surface area contributed by atoms with Crippen molar-refractivity contribution in [2.24, 2.45) is 0 Å². The van der Waals surface area contributed by atoms with Gasteiger partial charge in [0.1, 0.15) is 0 Å². The van der Waals surface area contributed by atoms with E-state index in [2.05, 4.69) is 40.6 Å². The van der Waals surface area contributed by atoms with Gasteiger partial charge in [0, 0.05) is 43.0 Å². The molecule has 5 nitrogen and oxygen atoms in total. The van der Waals surface area contributed by atoms with Gasteiger partial charge in [-0.3, -0.25) is 9.89 Å². The van der Waals surface area contributed by atoms with Gasteiger partial charge in [-0.2, -0.15) is 5.10 Å². The lowest BCUT2D eigenvalue weighted by atomic mass is 9.98. The Labute approximate surface area is 141 Å². The zero-order valence-electron chi connectivity index (χ0n) is 13.2. The Morgan fingerprint density at radius 1 is 1.30 bits per heavy atom. The third kappa shape index (κ3) is 2.75. The number of fused-ring (bicyclic) bond motifs is 2. The van der Waals surface area contributed by atoms with E-state index in [-0.39, 0.29) is 18.3 Å². The van der Waals surface area contributed by atoms with Crippen molar-refractivity contribution in [3.63, 3.8) is 0 Å². The van der Waals surface area contributed by atoms with Gasteiger partial charge >= 0.3 is 0 Å². The molecule has 6 heteroatoms. The molecule has 2 aromatic rings. The number of aromatic nitrogens is 2. The molecule has 23 heavy (non-hydrogen) atoms. The van der Waals surface area contributed by atoms with Crippen molar-refractivity contribution >= 4 is 24.0 Å². The van der Waals surface area contributed by atoms with Crippen molar-refractivity contribution in [1.82, 2.24) is 15.5 Å². The van der Waals surface area contributed by atoms with Gasteiger partial charge in [-0.1, -0.05) is 17.7 Å². The average Bonchev–Trinajstić information content (AvgIpc) is 2.97. The Morgan fingerprint density at radius 3 is 3.04 bits per heavy atom. The summed E-state index contributed by atoms with van der Waals surface area (Å²) in [6.07, 6.45) is 2.96. The minimum Gasteiger partial charge on any atom is -0.312 e. The molecule has 3 heterocycles. The van der Waals surface area contributed by atoms with Crippen molar-refractivity contribution in [2.75, 3.05) is 18.0 Å². The Balaban J connectivity index is 0.00000156. The second-order valence-electron chi connectivity index (χ2n) is 6.15. The van der Waals surface area contributed by atoms with E-state index in [9.17, 15) is 4.79 Å². The molecule has 0 saturated carbocycles. The van der Waals surface area contributed by atoms with E-state index in [1.54, 1.807) is 0 Å². The first-order valence-electron chi connectivity index (χ1n) is 7.92. The second-order valence-corrected chi connectivity index (χ2v) is 6.15. The largest absolute Gasteiger partial charge is 0.312 e. The van der Waals surface area contributed by atoms with Gasteiger partial charge in [0.25, 0.3) is 5.91 Å². The number of benzene rings is 1. The van der Waals surface area contributed by atoms with Gasteiger partial charge in [-0.15, -0.1) is 12.4 Å². The molecule has 2 aliphatic rings. The third-order valence-corrected chi connectivity index (χ3v) is 4.61. The van der Waals surface area contributed by atoms with Gasteiger partial charge in [-0.05, 0) is 31.4 Å². The monoisotopic (exact) mass is 332 g/mol. The minimum absolute atomic E-state index is 0. The molecule has 0 atom stereocenters. The summed E-state index contributed by atoms with van der Waals surface area (Å²) < 4.78 is 0. The maximum atomic E-state index is 13.0. The molecule has 122 valence electrons. The number of halogens is 1. The van der Waals surface area contributed by atoms with Crippen LogP contribution in [0.1, 0.15) is 39.3 Å². The first-order chi connectivity index (χ1) is 10.7. The van der Waals surface area contributed by atoms with Crippen molar-refractivity contribution in [1.29, 1.82) is 0 Å². The zero-order chi connectivity index (χ0) is 15.1. The van der Waals surface area contributed by atoms with Crippen LogP contribution in [-0.2, 0) is 19.4 Å². The van der Waals surface area contributed by atoms with Gasteiger partial charge < -0.3 is 10.2 Å². The number of carbonyl (C=O) groups excluding carboxylic acids is 1. The Hall–Kier alpha value is -1.85. The predicted octanol–water partition coefficient (Wildman–Crippen LogP) is 2.38. The number of hydrogen-bond acceptors (Lipinski definition) is 3. The van der Waals surface area contributed by atoms with E-state index in [1.165, 1.54) is 11.1 Å². The van der Waals surface area contributed by atoms with Crippen LogP contribution >= 0.6 is 12.4 Å². The summed E-state index contributed by atoms with van der Waals surface area (Å²) in [6.45, 7) is 4.52. The summed E-state index contributed by atoms with van der Waals surface area (Å²) in [5.41, 5.74) is 6.27. The molecule has 0 fully saturated rings. The van der Waals surface area contributed by atoms with Gasteiger partial charge in [-0.25, -0.2) is 0 Å². The van der Waals surface area contributed by atoms with Gasteiger partial charge in [0.05, 0.1) is 0 Å². The number of hydrogen-bond donors (Lipinski definition) is 2. The number of H-pyrrole nitrogens is 1. The molecule has 0 radical (unpaired) electrons. The van der Waals surface area contributed by atoms with E-state index in [1.807, 2.05) is 4.90 Å². The number of carbonyl (C=O) groups is 1. The van der Waals surface area contributed by atoms with Crippen LogP contribution in [0.3, 0.4) is 0 Å². The standard InChI is InChI=1S/C17H20N4O.ClH/c1-11-4-5-15-12(9-11)3-2-8-21(15)17(22)16-13-10-18-7-6-14(13)19-20-16;/h4-5,9,18H,2-3,6-8,10H2,1H3,(H,19,20);1H. The number of rotatable bonds is 1. The molecule has 1 aromatic heterocycles. The van der Waals surface area contributed by atoms with Crippen LogP contribution in [0.2, 0.25) is 0 Å². The van der Waals surface area contributed by atoms with Crippen molar-refractivity contribution in [3.8, 4) is 0 Å². The first kappa shape index (κ1) is 16.0. The lowest BCUT2D eigenvalue weighted by Gasteiger charge is -2.29. The highest BCUT2D eigenvalue weighted by Gasteiger charge is 2.29. The normalized spacial score (nSPS) is 16.3. The Bertz CT molecular complexity index is 740. The van der Waals surface area contributed by atoms with Crippen LogP contribution in [0, 0.1) is 6.92 Å². The van der Waals surface area contributed by atoms with Gasteiger partial charge in [0.2, 0.25) is 0 Å². The number of aromatic amines is 1. The number of amides is 1. The van der Waals surface area contributed by atoms with E-state index in [0.717, 1.165) is 55.8 Å². The van der Waals surface area contributed by atoms with E-state index < -0.39 is 0 Å². The fourth-order valence-corrected chi connectivity index (χ4v) is 3.47. The van der Waals surface area contributed by atoms with Crippen LogP contribution in [0.25, 0.3) is 0 Å². The highest BCUT2D eigenvalue weighted by atomic mass is 35.5. The van der Waals surface area contributed by atoms with Crippen LogP contribution in [0.4, 0.5) is 5.69 Å². The van der Waals surface area contributed by atoms with Crippen LogP contribution < -0.4 is 10.2 Å². The summed E-state index contributed by atoms with van der Waals surface area (Å²) >= 11 is 0.